The zero-order valence-corrected chi connectivity index (χ0v) is 12.9. The van der Waals surface area contributed by atoms with Crippen molar-refractivity contribution in [1.29, 1.82) is 0 Å². The highest BCUT2D eigenvalue weighted by atomic mass is 35.5. The van der Waals surface area contributed by atoms with Crippen LogP contribution in [-0.2, 0) is 0 Å². The van der Waals surface area contributed by atoms with Gasteiger partial charge in [-0.05, 0) is 42.3 Å². The minimum absolute atomic E-state index is 0.294. The van der Waals surface area contributed by atoms with Crippen LogP contribution in [0.5, 0.6) is 0 Å². The van der Waals surface area contributed by atoms with Crippen LogP contribution in [-0.4, -0.2) is 11.6 Å². The van der Waals surface area contributed by atoms with Crippen LogP contribution in [0.15, 0.2) is 53.6 Å². The van der Waals surface area contributed by atoms with Crippen molar-refractivity contribution in [2.45, 2.75) is 13.3 Å². The smallest absolute Gasteiger partial charge is 0.267 e. The standard InChI is InChI=1S/C16H14Cl2N2O/c1-2-15(11-6-8-13(17)9-7-11)19-20-16(21)12-4-3-5-14(18)10-12/h3-10H,2H2,1H3,(H,20,21). The fourth-order valence-electron chi connectivity index (χ4n) is 1.80. The van der Waals surface area contributed by atoms with Gasteiger partial charge in [-0.25, -0.2) is 5.43 Å². The lowest BCUT2D eigenvalue weighted by atomic mass is 10.1. The fraction of sp³-hybridized carbons (Fsp3) is 0.125. The van der Waals surface area contributed by atoms with Crippen molar-refractivity contribution in [3.8, 4) is 0 Å². The number of nitrogens with zero attached hydrogens (tertiary/aromatic N) is 1. The lowest BCUT2D eigenvalue weighted by Crippen LogP contribution is -2.19. The van der Waals surface area contributed by atoms with E-state index in [1.165, 1.54) is 0 Å². The van der Waals surface area contributed by atoms with Crippen LogP contribution in [0.1, 0.15) is 29.3 Å². The highest BCUT2D eigenvalue weighted by molar-refractivity contribution is 6.31. The van der Waals surface area contributed by atoms with Crippen molar-refractivity contribution in [2.75, 3.05) is 0 Å². The summed E-state index contributed by atoms with van der Waals surface area (Å²) < 4.78 is 0. The predicted molar refractivity (Wildman–Crippen MR) is 87.2 cm³/mol. The molecular formula is C16H14Cl2N2O. The summed E-state index contributed by atoms with van der Waals surface area (Å²) in [7, 11) is 0. The highest BCUT2D eigenvalue weighted by Gasteiger charge is 2.06. The maximum atomic E-state index is 12.0. The Kier molecular flexibility index (Phi) is 5.37. The molecule has 0 spiro atoms. The molecule has 2 aromatic rings. The maximum absolute atomic E-state index is 12.0. The van der Waals surface area contributed by atoms with E-state index in [0.717, 1.165) is 11.3 Å². The van der Waals surface area contributed by atoms with Crippen LogP contribution in [0.2, 0.25) is 10.0 Å². The van der Waals surface area contributed by atoms with E-state index in [9.17, 15) is 4.79 Å². The van der Waals surface area contributed by atoms with Crippen LogP contribution >= 0.6 is 23.2 Å². The Balaban J connectivity index is 2.14. The van der Waals surface area contributed by atoms with Crippen LogP contribution < -0.4 is 5.43 Å². The molecule has 0 saturated carbocycles. The monoisotopic (exact) mass is 320 g/mol. The maximum Gasteiger partial charge on any atom is 0.271 e. The summed E-state index contributed by atoms with van der Waals surface area (Å²) >= 11 is 11.7. The van der Waals surface area contributed by atoms with Gasteiger partial charge in [0.15, 0.2) is 0 Å². The first-order chi connectivity index (χ1) is 10.1. The lowest BCUT2D eigenvalue weighted by molar-refractivity contribution is 0.0955. The molecule has 0 saturated heterocycles. The third-order valence-electron chi connectivity index (χ3n) is 2.89. The summed E-state index contributed by atoms with van der Waals surface area (Å²) in [5, 5.41) is 5.36. The average Bonchev–Trinajstić information content (AvgIpc) is 2.49. The van der Waals surface area contributed by atoms with Crippen molar-refractivity contribution in [3.05, 3.63) is 69.7 Å². The number of hydrogen-bond donors (Lipinski definition) is 1. The third kappa shape index (κ3) is 4.31. The molecule has 2 aromatic carbocycles. The first-order valence-electron chi connectivity index (χ1n) is 6.48. The molecule has 0 atom stereocenters. The number of benzene rings is 2. The van der Waals surface area contributed by atoms with Crippen molar-refractivity contribution in [2.24, 2.45) is 5.10 Å². The molecule has 0 fully saturated rings. The predicted octanol–water partition coefficient (Wildman–Crippen LogP) is 4.54. The van der Waals surface area contributed by atoms with E-state index in [2.05, 4.69) is 10.5 Å². The lowest BCUT2D eigenvalue weighted by Gasteiger charge is -2.06. The van der Waals surface area contributed by atoms with Crippen LogP contribution in [0.4, 0.5) is 0 Å². The zero-order chi connectivity index (χ0) is 15.2. The van der Waals surface area contributed by atoms with E-state index < -0.39 is 0 Å². The Labute approximate surface area is 133 Å². The van der Waals surface area contributed by atoms with Gasteiger partial charge in [-0.2, -0.15) is 5.10 Å². The molecule has 21 heavy (non-hydrogen) atoms. The summed E-state index contributed by atoms with van der Waals surface area (Å²) in [6.07, 6.45) is 0.692. The number of carbonyl (C=O) groups excluding carboxylic acids is 1. The van der Waals surface area contributed by atoms with Gasteiger partial charge in [0.05, 0.1) is 5.71 Å². The molecule has 0 aromatic heterocycles. The van der Waals surface area contributed by atoms with Crippen molar-refractivity contribution in [3.63, 3.8) is 0 Å². The summed E-state index contributed by atoms with van der Waals surface area (Å²) in [6, 6.07) is 14.0. The molecule has 0 aliphatic heterocycles. The van der Waals surface area contributed by atoms with Gasteiger partial charge in [-0.15, -0.1) is 0 Å². The van der Waals surface area contributed by atoms with E-state index in [4.69, 9.17) is 23.2 Å². The van der Waals surface area contributed by atoms with Gasteiger partial charge in [0.1, 0.15) is 0 Å². The van der Waals surface area contributed by atoms with Crippen LogP contribution in [0, 0.1) is 0 Å². The Hall–Kier alpha value is -1.84. The Morgan fingerprint density at radius 3 is 2.38 bits per heavy atom. The number of amides is 1. The van der Waals surface area contributed by atoms with Gasteiger partial charge in [0, 0.05) is 15.6 Å². The first-order valence-corrected chi connectivity index (χ1v) is 7.24. The highest BCUT2D eigenvalue weighted by Crippen LogP contribution is 2.12. The quantitative estimate of drug-likeness (QED) is 0.652. The molecular weight excluding hydrogens is 307 g/mol. The Bertz CT molecular complexity index is 666. The summed E-state index contributed by atoms with van der Waals surface area (Å²) in [4.78, 5) is 12.0. The van der Waals surface area contributed by atoms with E-state index >= 15 is 0 Å². The molecule has 108 valence electrons. The van der Waals surface area contributed by atoms with Gasteiger partial charge in [-0.3, -0.25) is 4.79 Å². The van der Waals surface area contributed by atoms with Crippen LogP contribution in [0.25, 0.3) is 0 Å². The third-order valence-corrected chi connectivity index (χ3v) is 3.38. The largest absolute Gasteiger partial charge is 0.271 e. The van der Waals surface area contributed by atoms with Gasteiger partial charge < -0.3 is 0 Å². The van der Waals surface area contributed by atoms with E-state index in [-0.39, 0.29) is 5.91 Å². The van der Waals surface area contributed by atoms with E-state index in [1.807, 2.05) is 19.1 Å². The molecule has 0 aliphatic carbocycles. The number of hydrazone groups is 1. The number of carbonyl (C=O) groups is 1. The minimum atomic E-state index is -0.294. The average molecular weight is 321 g/mol. The molecule has 0 unspecified atom stereocenters. The fourth-order valence-corrected chi connectivity index (χ4v) is 2.12. The van der Waals surface area contributed by atoms with Gasteiger partial charge in [0.2, 0.25) is 0 Å². The molecule has 1 N–H and O–H groups in total. The van der Waals surface area contributed by atoms with Crippen molar-refractivity contribution < 1.29 is 4.79 Å². The van der Waals surface area contributed by atoms with E-state index in [0.29, 0.717) is 22.0 Å². The Morgan fingerprint density at radius 1 is 1.05 bits per heavy atom. The SMILES string of the molecule is CCC(=NNC(=O)c1cccc(Cl)c1)c1ccc(Cl)cc1. The molecule has 3 nitrogen and oxygen atoms in total. The minimum Gasteiger partial charge on any atom is -0.267 e. The van der Waals surface area contributed by atoms with Gasteiger partial charge in [-0.1, -0.05) is 48.3 Å². The number of nitrogens with one attached hydrogen (secondary N) is 1. The number of hydrogen-bond acceptors (Lipinski definition) is 2. The Morgan fingerprint density at radius 2 is 1.76 bits per heavy atom. The van der Waals surface area contributed by atoms with Gasteiger partial charge >= 0.3 is 0 Å². The van der Waals surface area contributed by atoms with Crippen molar-refractivity contribution >= 4 is 34.8 Å². The molecule has 0 bridgehead atoms. The summed E-state index contributed by atoms with van der Waals surface area (Å²) in [6.45, 7) is 1.97. The second-order valence-electron chi connectivity index (χ2n) is 4.37. The van der Waals surface area contributed by atoms with Gasteiger partial charge in [0.25, 0.3) is 5.91 Å². The molecule has 5 heteroatoms. The van der Waals surface area contributed by atoms with E-state index in [1.54, 1.807) is 36.4 Å². The first kappa shape index (κ1) is 15.5. The topological polar surface area (TPSA) is 41.5 Å². The van der Waals surface area contributed by atoms with Crippen LogP contribution in [0.3, 0.4) is 0 Å². The molecule has 2 rings (SSSR count). The second-order valence-corrected chi connectivity index (χ2v) is 5.24. The molecule has 0 radical (unpaired) electrons. The molecule has 0 aliphatic rings. The number of halogens is 2. The number of rotatable bonds is 4. The molecule has 1 amide bonds. The second kappa shape index (κ2) is 7.25. The summed E-state index contributed by atoms with van der Waals surface area (Å²) in [5.74, 6) is -0.294. The summed E-state index contributed by atoms with van der Waals surface area (Å²) in [5.41, 5.74) is 4.72. The zero-order valence-electron chi connectivity index (χ0n) is 11.4. The normalized spacial score (nSPS) is 11.3. The molecule has 0 heterocycles. The van der Waals surface area contributed by atoms with Crippen molar-refractivity contribution in [1.82, 2.24) is 5.43 Å².